The third kappa shape index (κ3) is 6.80. The van der Waals surface area contributed by atoms with Crippen LogP contribution in [0.5, 0.6) is 0 Å². The third-order valence-corrected chi connectivity index (χ3v) is 4.14. The molecule has 0 bridgehead atoms. The van der Waals surface area contributed by atoms with E-state index >= 15 is 0 Å². The lowest BCUT2D eigenvalue weighted by Crippen LogP contribution is -2.29. The zero-order chi connectivity index (χ0) is 21.1. The number of pyridine rings is 1. The van der Waals surface area contributed by atoms with E-state index in [1.54, 1.807) is 0 Å². The van der Waals surface area contributed by atoms with Gasteiger partial charge in [0.2, 0.25) is 0 Å². The second-order valence-electron chi connectivity index (χ2n) is 6.26. The molecule has 0 amide bonds. The Bertz CT molecular complexity index is 935. The largest absolute Gasteiger partial charge is 0.478 e. The summed E-state index contributed by atoms with van der Waals surface area (Å²) in [5, 5.41) is 19.2. The Morgan fingerprint density at radius 3 is 2.28 bits per heavy atom. The van der Waals surface area contributed by atoms with Crippen LogP contribution in [-0.4, -0.2) is 38.4 Å². The maximum absolute atomic E-state index is 9.55. The molecule has 0 radical (unpaired) electrons. The number of hydrogen-bond acceptors (Lipinski definition) is 4. The summed E-state index contributed by atoms with van der Waals surface area (Å²) >= 11 is 0. The molecule has 2 N–H and O–H groups in total. The fraction of sp³-hybridized carbons (Fsp3) is 0.227. The van der Waals surface area contributed by atoms with Gasteiger partial charge in [-0.05, 0) is 30.7 Å². The number of aliphatic carboxylic acids is 2. The molecule has 0 spiro atoms. The molecule has 0 aliphatic heterocycles. The number of aromatic nitrogens is 2. The van der Waals surface area contributed by atoms with Crippen molar-refractivity contribution < 1.29 is 19.8 Å². The van der Waals surface area contributed by atoms with Crippen molar-refractivity contribution in [3.63, 3.8) is 0 Å². The van der Waals surface area contributed by atoms with Crippen molar-refractivity contribution in [2.45, 2.75) is 26.2 Å². The summed E-state index contributed by atoms with van der Waals surface area (Å²) < 4.78 is 2.25. The quantitative estimate of drug-likeness (QED) is 0.438. The van der Waals surface area contributed by atoms with E-state index in [9.17, 15) is 9.59 Å². The molecule has 152 valence electrons. The van der Waals surface area contributed by atoms with E-state index in [1.807, 2.05) is 12.4 Å². The highest BCUT2D eigenvalue weighted by Gasteiger charge is 2.10. The number of anilines is 1. The third-order valence-electron chi connectivity index (χ3n) is 4.14. The normalized spacial score (nSPS) is 10.5. The minimum Gasteiger partial charge on any atom is -0.478 e. The highest BCUT2D eigenvalue weighted by Crippen LogP contribution is 2.21. The molecular weight excluding hydrogens is 370 g/mol. The van der Waals surface area contributed by atoms with Crippen LogP contribution in [0.4, 0.5) is 5.69 Å². The van der Waals surface area contributed by atoms with Gasteiger partial charge in [-0.1, -0.05) is 38.0 Å². The maximum Gasteiger partial charge on any atom is 0.328 e. The minimum atomic E-state index is -1.26. The lowest BCUT2D eigenvalue weighted by Gasteiger charge is -2.27. The lowest BCUT2D eigenvalue weighted by atomic mass is 10.2. The number of nitrogens with zero attached hydrogens (tertiary/aromatic N) is 3. The molecule has 1 aromatic carbocycles. The average Bonchev–Trinajstić information content (AvgIpc) is 3.15. The first-order chi connectivity index (χ1) is 14.0. The van der Waals surface area contributed by atoms with E-state index in [-0.39, 0.29) is 0 Å². The van der Waals surface area contributed by atoms with Crippen molar-refractivity contribution in [2.24, 2.45) is 0 Å². The minimum absolute atomic E-state index is 0.558. The molecule has 7 heteroatoms. The van der Waals surface area contributed by atoms with Crippen LogP contribution in [0.2, 0.25) is 0 Å². The summed E-state index contributed by atoms with van der Waals surface area (Å²) in [7, 11) is 0. The molecule has 0 atom stereocenters. The van der Waals surface area contributed by atoms with Gasteiger partial charge in [0.05, 0.1) is 11.2 Å². The van der Waals surface area contributed by atoms with Gasteiger partial charge in [0, 0.05) is 42.7 Å². The van der Waals surface area contributed by atoms with Gasteiger partial charge < -0.3 is 10.2 Å². The predicted octanol–water partition coefficient (Wildman–Crippen LogP) is 4.21. The average molecular weight is 395 g/mol. The van der Waals surface area contributed by atoms with Gasteiger partial charge in [-0.2, -0.15) is 0 Å². The molecule has 0 aliphatic carbocycles. The van der Waals surface area contributed by atoms with Gasteiger partial charge in [-0.25, -0.2) is 9.59 Å². The standard InChI is InChI=1S/C18H21N3.C4H4O4/c1-2-3-6-14-20(17-9-12-19-13-10-17)21-15-11-16-7-4-5-8-18(16)21;5-3(6)1-2-4(7)8/h4-5,7-13,15H,2-3,6,14H2,1H3;1-2H,(H,5,6)(H,7,8)/b;2-1-. The fourth-order valence-electron chi connectivity index (χ4n) is 2.81. The predicted molar refractivity (Wildman–Crippen MR) is 113 cm³/mol. The number of para-hydroxylation sites is 1. The van der Waals surface area contributed by atoms with Gasteiger partial charge in [-0.15, -0.1) is 0 Å². The Kier molecular flexibility index (Phi) is 8.44. The van der Waals surface area contributed by atoms with Crippen molar-refractivity contribution >= 4 is 28.5 Å². The van der Waals surface area contributed by atoms with Crippen molar-refractivity contribution in [1.29, 1.82) is 0 Å². The Hall–Kier alpha value is -3.61. The van der Waals surface area contributed by atoms with E-state index in [2.05, 4.69) is 70.3 Å². The molecule has 0 saturated carbocycles. The molecular formula is C22H25N3O4. The highest BCUT2D eigenvalue weighted by atomic mass is 16.4. The topological polar surface area (TPSA) is 95.7 Å². The van der Waals surface area contributed by atoms with Gasteiger partial charge in [0.1, 0.15) is 0 Å². The van der Waals surface area contributed by atoms with E-state index in [1.165, 1.54) is 35.9 Å². The Morgan fingerprint density at radius 2 is 1.66 bits per heavy atom. The number of rotatable bonds is 8. The molecule has 29 heavy (non-hydrogen) atoms. The second kappa shape index (κ2) is 11.3. The van der Waals surface area contributed by atoms with E-state index < -0.39 is 11.9 Å². The molecule has 2 heterocycles. The molecule has 0 aliphatic rings. The fourth-order valence-corrected chi connectivity index (χ4v) is 2.81. The Labute approximate surface area is 169 Å². The SMILES string of the molecule is CCCCCN(c1ccncc1)n1ccc2ccccc21.O=C(O)/C=C\C(=O)O. The monoisotopic (exact) mass is 395 g/mol. The molecule has 0 fully saturated rings. The number of carboxylic acids is 2. The first kappa shape index (κ1) is 21.7. The number of carboxylic acid groups (broad SMARTS) is 2. The molecule has 3 aromatic rings. The number of unbranched alkanes of at least 4 members (excludes halogenated alkanes) is 2. The summed E-state index contributed by atoms with van der Waals surface area (Å²) in [6.45, 7) is 3.25. The molecule has 3 rings (SSSR count). The first-order valence-electron chi connectivity index (χ1n) is 9.40. The first-order valence-corrected chi connectivity index (χ1v) is 9.40. The van der Waals surface area contributed by atoms with Gasteiger partial charge in [0.15, 0.2) is 0 Å². The van der Waals surface area contributed by atoms with E-state index in [4.69, 9.17) is 10.2 Å². The van der Waals surface area contributed by atoms with Crippen molar-refractivity contribution in [2.75, 3.05) is 11.6 Å². The summed E-state index contributed by atoms with van der Waals surface area (Å²) in [6, 6.07) is 14.8. The van der Waals surface area contributed by atoms with Crippen LogP contribution in [0.25, 0.3) is 10.9 Å². The zero-order valence-electron chi connectivity index (χ0n) is 16.3. The number of carbonyl (C=O) groups is 2. The summed E-state index contributed by atoms with van der Waals surface area (Å²) in [5.74, 6) is -2.51. The van der Waals surface area contributed by atoms with Crippen LogP contribution in [0.15, 0.2) is 73.2 Å². The van der Waals surface area contributed by atoms with Gasteiger partial charge in [-0.3, -0.25) is 14.7 Å². The maximum atomic E-state index is 9.55. The summed E-state index contributed by atoms with van der Waals surface area (Å²) in [6.07, 6.45) is 10.6. The highest BCUT2D eigenvalue weighted by molar-refractivity contribution is 5.89. The Balaban J connectivity index is 0.000000321. The number of benzene rings is 1. The molecule has 7 nitrogen and oxygen atoms in total. The summed E-state index contributed by atoms with van der Waals surface area (Å²) in [4.78, 5) is 23.2. The molecule has 0 saturated heterocycles. The van der Waals surface area contributed by atoms with Crippen molar-refractivity contribution in [3.05, 3.63) is 73.2 Å². The van der Waals surface area contributed by atoms with Crippen LogP contribution in [0, 0.1) is 0 Å². The van der Waals surface area contributed by atoms with Crippen LogP contribution in [-0.2, 0) is 9.59 Å². The summed E-state index contributed by atoms with van der Waals surface area (Å²) in [5.41, 5.74) is 2.42. The van der Waals surface area contributed by atoms with Crippen LogP contribution >= 0.6 is 0 Å². The van der Waals surface area contributed by atoms with Crippen molar-refractivity contribution in [3.8, 4) is 0 Å². The van der Waals surface area contributed by atoms with Crippen molar-refractivity contribution in [1.82, 2.24) is 9.66 Å². The second-order valence-corrected chi connectivity index (χ2v) is 6.26. The zero-order valence-corrected chi connectivity index (χ0v) is 16.3. The smallest absolute Gasteiger partial charge is 0.328 e. The van der Waals surface area contributed by atoms with Gasteiger partial charge in [0.25, 0.3) is 0 Å². The lowest BCUT2D eigenvalue weighted by molar-refractivity contribution is -0.134. The van der Waals surface area contributed by atoms with Crippen LogP contribution < -0.4 is 5.01 Å². The van der Waals surface area contributed by atoms with Crippen LogP contribution in [0.1, 0.15) is 26.2 Å². The number of hydrogen-bond donors (Lipinski definition) is 2. The Morgan fingerprint density at radius 1 is 1.00 bits per heavy atom. The molecule has 0 unspecified atom stereocenters. The molecule has 2 aromatic heterocycles. The van der Waals surface area contributed by atoms with Crippen LogP contribution in [0.3, 0.4) is 0 Å². The number of fused-ring (bicyclic) bond motifs is 1. The van der Waals surface area contributed by atoms with Gasteiger partial charge >= 0.3 is 11.9 Å². The van der Waals surface area contributed by atoms with E-state index in [0.717, 1.165) is 6.54 Å². The van der Waals surface area contributed by atoms with E-state index in [0.29, 0.717) is 12.2 Å².